The van der Waals surface area contributed by atoms with Gasteiger partial charge in [0.1, 0.15) is 12.0 Å². The molecule has 10 nitrogen and oxygen atoms in total. The zero-order valence-electron chi connectivity index (χ0n) is 17.5. The lowest BCUT2D eigenvalue weighted by Crippen LogP contribution is -2.52. The lowest BCUT2D eigenvalue weighted by atomic mass is 9.82. The zero-order chi connectivity index (χ0) is 23.9. The van der Waals surface area contributed by atoms with Crippen LogP contribution in [-0.2, 0) is 9.53 Å². The third-order valence-corrected chi connectivity index (χ3v) is 5.40. The van der Waals surface area contributed by atoms with E-state index in [-0.39, 0.29) is 17.6 Å². The SMILES string of the molecule is O=C(O)C(F)(F)F.O=C(c1ccncn1)N1CCC2(CC1)CC(Nc1ncccn1)CCO2. The molecule has 13 heteroatoms. The highest BCUT2D eigenvalue weighted by atomic mass is 19.4. The molecule has 33 heavy (non-hydrogen) atoms. The van der Waals surface area contributed by atoms with Gasteiger partial charge in [-0.2, -0.15) is 13.2 Å². The van der Waals surface area contributed by atoms with Crippen LogP contribution in [0, 0.1) is 0 Å². The summed E-state index contributed by atoms with van der Waals surface area (Å²) in [4.78, 5) is 39.7. The summed E-state index contributed by atoms with van der Waals surface area (Å²) < 4.78 is 37.9. The van der Waals surface area contributed by atoms with E-state index in [1.165, 1.54) is 6.33 Å². The standard InChI is InChI=1S/C18H22N6O2.C2HF3O2/c25-16(15-2-8-19-13-22-15)24-9-4-18(5-10-24)12-14(3-11-26-18)23-17-20-6-1-7-21-17;3-2(4,5)1(6)7/h1-2,6-8,13-14H,3-5,9-12H2,(H,20,21,23);(H,6,7). The van der Waals surface area contributed by atoms with Gasteiger partial charge in [0.2, 0.25) is 5.95 Å². The van der Waals surface area contributed by atoms with E-state index in [2.05, 4.69) is 25.3 Å². The number of carboxylic acid groups (broad SMARTS) is 1. The highest BCUT2D eigenvalue weighted by Crippen LogP contribution is 2.36. The number of amides is 1. The average Bonchev–Trinajstić information content (AvgIpc) is 2.80. The molecule has 0 saturated carbocycles. The Hall–Kier alpha value is -3.35. The lowest BCUT2D eigenvalue weighted by molar-refractivity contribution is -0.192. The Bertz CT molecular complexity index is 924. The third kappa shape index (κ3) is 6.81. The second kappa shape index (κ2) is 10.5. The number of nitrogens with one attached hydrogen (secondary N) is 1. The van der Waals surface area contributed by atoms with Gasteiger partial charge >= 0.3 is 12.1 Å². The number of rotatable bonds is 3. The second-order valence-corrected chi connectivity index (χ2v) is 7.63. The molecule has 1 atom stereocenters. The van der Waals surface area contributed by atoms with E-state index >= 15 is 0 Å². The molecule has 2 aromatic rings. The highest BCUT2D eigenvalue weighted by molar-refractivity contribution is 5.92. The number of hydrogen-bond acceptors (Lipinski definition) is 8. The van der Waals surface area contributed by atoms with Crippen molar-refractivity contribution in [2.24, 2.45) is 0 Å². The van der Waals surface area contributed by atoms with Crippen LogP contribution in [0.25, 0.3) is 0 Å². The number of piperidine rings is 1. The van der Waals surface area contributed by atoms with E-state index in [4.69, 9.17) is 14.6 Å². The van der Waals surface area contributed by atoms with Crippen LogP contribution in [0.2, 0.25) is 0 Å². The number of carbonyl (C=O) groups is 2. The molecule has 4 heterocycles. The number of carboxylic acids is 1. The van der Waals surface area contributed by atoms with E-state index in [0.29, 0.717) is 31.3 Å². The Morgan fingerprint density at radius 3 is 2.39 bits per heavy atom. The van der Waals surface area contributed by atoms with Crippen molar-refractivity contribution in [3.63, 3.8) is 0 Å². The predicted molar refractivity (Wildman–Crippen MR) is 108 cm³/mol. The molecule has 178 valence electrons. The van der Waals surface area contributed by atoms with E-state index in [1.54, 1.807) is 30.7 Å². The molecular weight excluding hydrogens is 445 g/mol. The van der Waals surface area contributed by atoms with Crippen molar-refractivity contribution in [2.75, 3.05) is 25.0 Å². The quantitative estimate of drug-likeness (QED) is 0.696. The first-order chi connectivity index (χ1) is 15.7. The number of anilines is 1. The van der Waals surface area contributed by atoms with E-state index in [9.17, 15) is 18.0 Å². The van der Waals surface area contributed by atoms with E-state index < -0.39 is 12.1 Å². The average molecular weight is 468 g/mol. The Kier molecular flexibility index (Phi) is 7.74. The summed E-state index contributed by atoms with van der Waals surface area (Å²) in [5, 5.41) is 10.5. The van der Waals surface area contributed by atoms with Gasteiger partial charge in [-0.1, -0.05) is 0 Å². The summed E-state index contributed by atoms with van der Waals surface area (Å²) in [6, 6.07) is 3.75. The number of aliphatic carboxylic acids is 1. The van der Waals surface area contributed by atoms with Gasteiger partial charge in [-0.15, -0.1) is 0 Å². The summed E-state index contributed by atoms with van der Waals surface area (Å²) in [5.41, 5.74) is 0.272. The van der Waals surface area contributed by atoms with E-state index in [1.807, 2.05) is 4.90 Å². The summed E-state index contributed by atoms with van der Waals surface area (Å²) in [7, 11) is 0. The molecule has 2 N–H and O–H groups in total. The smallest absolute Gasteiger partial charge is 0.475 e. The van der Waals surface area contributed by atoms with Gasteiger partial charge in [0.05, 0.1) is 5.60 Å². The molecule has 0 radical (unpaired) electrons. The summed E-state index contributed by atoms with van der Waals surface area (Å²) >= 11 is 0. The van der Waals surface area contributed by atoms with Crippen LogP contribution in [-0.4, -0.2) is 79.3 Å². The molecule has 2 fully saturated rings. The van der Waals surface area contributed by atoms with Gasteiger partial charge in [-0.05, 0) is 37.8 Å². The molecule has 2 saturated heterocycles. The van der Waals surface area contributed by atoms with E-state index in [0.717, 1.165) is 25.7 Å². The fraction of sp³-hybridized carbons (Fsp3) is 0.500. The molecular formula is C20H23F3N6O4. The van der Waals surface area contributed by atoms with Crippen LogP contribution in [0.1, 0.15) is 36.2 Å². The number of aromatic nitrogens is 4. The van der Waals surface area contributed by atoms with Crippen LogP contribution in [0.4, 0.5) is 19.1 Å². The van der Waals surface area contributed by atoms with Crippen molar-refractivity contribution in [1.29, 1.82) is 0 Å². The number of carbonyl (C=O) groups excluding carboxylic acids is 1. The fourth-order valence-electron chi connectivity index (χ4n) is 3.75. The van der Waals surface area contributed by atoms with Gasteiger partial charge in [-0.25, -0.2) is 24.7 Å². The molecule has 1 amide bonds. The molecule has 0 aliphatic carbocycles. The van der Waals surface area contributed by atoms with Crippen molar-refractivity contribution in [1.82, 2.24) is 24.8 Å². The van der Waals surface area contributed by atoms with Crippen LogP contribution in [0.3, 0.4) is 0 Å². The summed E-state index contributed by atoms with van der Waals surface area (Å²) in [6.45, 7) is 2.07. The third-order valence-electron chi connectivity index (χ3n) is 5.40. The Balaban J connectivity index is 0.000000383. The minimum atomic E-state index is -5.08. The van der Waals surface area contributed by atoms with Crippen LogP contribution >= 0.6 is 0 Å². The Morgan fingerprint density at radius 2 is 1.82 bits per heavy atom. The zero-order valence-corrected chi connectivity index (χ0v) is 17.5. The largest absolute Gasteiger partial charge is 0.490 e. The highest BCUT2D eigenvalue weighted by Gasteiger charge is 2.41. The second-order valence-electron chi connectivity index (χ2n) is 7.63. The molecule has 1 unspecified atom stereocenters. The van der Waals surface area contributed by atoms with Crippen molar-refractivity contribution in [2.45, 2.75) is 43.5 Å². The Labute approximate surface area is 187 Å². The molecule has 4 rings (SSSR count). The number of likely N-dealkylation sites (tertiary alicyclic amines) is 1. The first kappa shape index (κ1) is 24.3. The fourth-order valence-corrected chi connectivity index (χ4v) is 3.75. The number of alkyl halides is 3. The molecule has 2 aliphatic heterocycles. The van der Waals surface area contributed by atoms with Gasteiger partial charge in [-0.3, -0.25) is 4.79 Å². The molecule has 2 aromatic heterocycles. The summed E-state index contributed by atoms with van der Waals surface area (Å²) in [6.07, 6.45) is 4.89. The van der Waals surface area contributed by atoms with Crippen LogP contribution in [0.15, 0.2) is 37.1 Å². The first-order valence-corrected chi connectivity index (χ1v) is 10.2. The van der Waals surface area contributed by atoms with Gasteiger partial charge in [0.15, 0.2) is 0 Å². The first-order valence-electron chi connectivity index (χ1n) is 10.2. The van der Waals surface area contributed by atoms with Crippen LogP contribution in [0.5, 0.6) is 0 Å². The van der Waals surface area contributed by atoms with Gasteiger partial charge in [0, 0.05) is 44.3 Å². The molecule has 2 aliphatic rings. The Morgan fingerprint density at radius 1 is 1.15 bits per heavy atom. The predicted octanol–water partition coefficient (Wildman–Crippen LogP) is 2.17. The number of ether oxygens (including phenoxy) is 1. The van der Waals surface area contributed by atoms with Crippen molar-refractivity contribution < 1.29 is 32.6 Å². The maximum Gasteiger partial charge on any atom is 0.490 e. The van der Waals surface area contributed by atoms with Crippen molar-refractivity contribution >= 4 is 17.8 Å². The summed E-state index contributed by atoms with van der Waals surface area (Å²) in [5.74, 6) is -2.14. The maximum atomic E-state index is 12.5. The number of halogens is 3. The minimum absolute atomic E-state index is 0.0366. The van der Waals surface area contributed by atoms with Gasteiger partial charge in [0.25, 0.3) is 5.91 Å². The monoisotopic (exact) mass is 468 g/mol. The lowest BCUT2D eigenvalue weighted by Gasteiger charge is -2.46. The molecule has 0 aromatic carbocycles. The van der Waals surface area contributed by atoms with Crippen molar-refractivity contribution in [3.05, 3.63) is 42.7 Å². The maximum absolute atomic E-state index is 12.5. The minimum Gasteiger partial charge on any atom is -0.475 e. The molecule has 1 spiro atoms. The van der Waals surface area contributed by atoms with Crippen LogP contribution < -0.4 is 5.32 Å². The number of hydrogen-bond donors (Lipinski definition) is 2. The topological polar surface area (TPSA) is 130 Å². The molecule has 0 bridgehead atoms. The van der Waals surface area contributed by atoms with Crippen molar-refractivity contribution in [3.8, 4) is 0 Å². The number of nitrogens with zero attached hydrogens (tertiary/aromatic N) is 5. The van der Waals surface area contributed by atoms with Gasteiger partial charge < -0.3 is 20.1 Å². The normalized spacial score (nSPS) is 19.8.